The normalized spacial score (nSPS) is 18.3. The Kier molecular flexibility index (Phi) is 8.68. The van der Waals surface area contributed by atoms with Gasteiger partial charge in [-0.15, -0.1) is 0 Å². The van der Waals surface area contributed by atoms with Crippen LogP contribution in [0.3, 0.4) is 0 Å². The van der Waals surface area contributed by atoms with Crippen molar-refractivity contribution in [1.82, 2.24) is 14.5 Å². The van der Waals surface area contributed by atoms with Gasteiger partial charge in [-0.1, -0.05) is 29.4 Å². The highest BCUT2D eigenvalue weighted by atomic mass is 35.5. The van der Waals surface area contributed by atoms with E-state index in [4.69, 9.17) is 26.1 Å². The van der Waals surface area contributed by atoms with E-state index in [1.807, 2.05) is 22.8 Å². The van der Waals surface area contributed by atoms with E-state index in [9.17, 15) is 9.18 Å². The molecule has 2 heterocycles. The van der Waals surface area contributed by atoms with Gasteiger partial charge in [0.2, 0.25) is 0 Å². The minimum Gasteiger partial charge on any atom is -0.495 e. The van der Waals surface area contributed by atoms with E-state index in [2.05, 4.69) is 6.92 Å². The first-order chi connectivity index (χ1) is 21.2. The van der Waals surface area contributed by atoms with Gasteiger partial charge in [0.25, 0.3) is 5.91 Å². The molecule has 1 saturated heterocycles. The van der Waals surface area contributed by atoms with Gasteiger partial charge >= 0.3 is 0 Å². The fraction of sp³-hybridized carbons (Fsp3) is 0.333. The number of halogens is 4. The summed E-state index contributed by atoms with van der Waals surface area (Å²) in [6.07, 6.45) is 2.41. The lowest BCUT2D eigenvalue weighted by Gasteiger charge is -2.36. The van der Waals surface area contributed by atoms with Crippen LogP contribution < -0.4 is 4.74 Å². The van der Waals surface area contributed by atoms with Crippen molar-refractivity contribution in [2.24, 2.45) is 0 Å². The van der Waals surface area contributed by atoms with Gasteiger partial charge in [0, 0.05) is 41.1 Å². The van der Waals surface area contributed by atoms with Gasteiger partial charge in [-0.2, -0.15) is 0 Å². The zero-order valence-corrected chi connectivity index (χ0v) is 25.9. The maximum atomic E-state index is 15.3. The Balaban J connectivity index is 1.38. The standard InChI is InChI=1S/C33H31ClF3N3O3S/c1-33(21-5-10-25(34)29(18-21)42-2)11-3-4-28-30(33)40(23-8-6-22(35)7-9-23)32(38-28)44-19-24-26(36)16-20(17-27(24)37)31(41)39-12-14-43-15-13-39/h5-10,16-18H,3-4,11-15,19H2,1-2H3. The van der Waals surface area contributed by atoms with Crippen molar-refractivity contribution in [2.75, 3.05) is 33.4 Å². The number of methoxy groups -OCH3 is 1. The number of aromatic nitrogens is 2. The molecule has 0 N–H and O–H groups in total. The zero-order chi connectivity index (χ0) is 31.0. The fourth-order valence-electron chi connectivity index (χ4n) is 6.07. The van der Waals surface area contributed by atoms with Gasteiger partial charge in [0.05, 0.1) is 36.7 Å². The number of ether oxygens (including phenoxy) is 2. The van der Waals surface area contributed by atoms with Gasteiger partial charge < -0.3 is 14.4 Å². The number of aryl methyl sites for hydroxylation is 1. The molecule has 1 aromatic heterocycles. The number of fused-ring (bicyclic) bond motifs is 1. The number of hydrogen-bond donors (Lipinski definition) is 0. The number of rotatable bonds is 7. The van der Waals surface area contributed by atoms with E-state index >= 15 is 8.78 Å². The number of morpholine rings is 1. The Labute approximate surface area is 263 Å². The lowest BCUT2D eigenvalue weighted by Crippen LogP contribution is -2.40. The first-order valence-corrected chi connectivity index (χ1v) is 15.8. The van der Waals surface area contributed by atoms with E-state index in [0.717, 1.165) is 48.3 Å². The Morgan fingerprint density at radius 2 is 1.77 bits per heavy atom. The van der Waals surface area contributed by atoms with Crippen LogP contribution in [0.4, 0.5) is 13.2 Å². The van der Waals surface area contributed by atoms with E-state index < -0.39 is 23.0 Å². The fourth-order valence-corrected chi connectivity index (χ4v) is 7.32. The summed E-state index contributed by atoms with van der Waals surface area (Å²) in [5.41, 5.74) is 2.77. The Morgan fingerprint density at radius 3 is 2.45 bits per heavy atom. The maximum absolute atomic E-state index is 15.3. The predicted octanol–water partition coefficient (Wildman–Crippen LogP) is 7.36. The molecule has 3 aromatic carbocycles. The van der Waals surface area contributed by atoms with Crippen molar-refractivity contribution in [1.29, 1.82) is 0 Å². The molecule has 4 aromatic rings. The molecular formula is C33H31ClF3N3O3S. The highest BCUT2D eigenvalue weighted by Gasteiger charge is 2.40. The van der Waals surface area contributed by atoms with Crippen LogP contribution in [0.25, 0.3) is 5.69 Å². The molecule has 44 heavy (non-hydrogen) atoms. The van der Waals surface area contributed by atoms with E-state index in [1.54, 1.807) is 19.2 Å². The van der Waals surface area contributed by atoms with Crippen LogP contribution in [0.2, 0.25) is 5.02 Å². The largest absolute Gasteiger partial charge is 0.495 e. The molecule has 6 nitrogen and oxygen atoms in total. The predicted molar refractivity (Wildman–Crippen MR) is 164 cm³/mol. The Morgan fingerprint density at radius 1 is 1.07 bits per heavy atom. The van der Waals surface area contributed by atoms with Gasteiger partial charge in [-0.3, -0.25) is 9.36 Å². The number of carbonyl (C=O) groups excluding carboxylic acids is 1. The number of nitrogens with zero attached hydrogens (tertiary/aromatic N) is 3. The second-order valence-corrected chi connectivity index (χ2v) is 12.5. The van der Waals surface area contributed by atoms with Crippen LogP contribution in [0.1, 0.15) is 52.6 Å². The minimum absolute atomic E-state index is 0.0342. The Bertz CT molecular complexity index is 1690. The molecule has 1 aliphatic carbocycles. The summed E-state index contributed by atoms with van der Waals surface area (Å²) in [6.45, 7) is 3.66. The van der Waals surface area contributed by atoms with Crippen LogP contribution in [-0.2, 0) is 22.3 Å². The second kappa shape index (κ2) is 12.5. The molecule has 11 heteroatoms. The summed E-state index contributed by atoms with van der Waals surface area (Å²) in [5.74, 6) is -1.90. The number of thioether (sulfide) groups is 1. The first-order valence-electron chi connectivity index (χ1n) is 14.4. The third-order valence-electron chi connectivity index (χ3n) is 8.44. The number of imidazole rings is 1. The average Bonchev–Trinajstić information content (AvgIpc) is 3.41. The molecule has 230 valence electrons. The minimum atomic E-state index is -0.795. The topological polar surface area (TPSA) is 56.6 Å². The molecule has 1 aliphatic heterocycles. The number of amides is 1. The molecule has 2 aliphatic rings. The van der Waals surface area contributed by atoms with Crippen LogP contribution in [0.5, 0.6) is 5.75 Å². The highest BCUT2D eigenvalue weighted by molar-refractivity contribution is 7.98. The van der Waals surface area contributed by atoms with Gasteiger partial charge in [0.1, 0.15) is 23.2 Å². The smallest absolute Gasteiger partial charge is 0.254 e. The van der Waals surface area contributed by atoms with Crippen molar-refractivity contribution in [2.45, 2.75) is 42.5 Å². The number of carbonyl (C=O) groups is 1. The average molecular weight is 642 g/mol. The molecule has 6 rings (SSSR count). The molecular weight excluding hydrogens is 611 g/mol. The summed E-state index contributed by atoms with van der Waals surface area (Å²) in [5, 5.41) is 1.03. The third-order valence-corrected chi connectivity index (χ3v) is 9.71. The summed E-state index contributed by atoms with van der Waals surface area (Å²) in [4.78, 5) is 19.3. The lowest BCUT2D eigenvalue weighted by atomic mass is 9.71. The van der Waals surface area contributed by atoms with Crippen molar-refractivity contribution < 1.29 is 27.4 Å². The first kappa shape index (κ1) is 30.6. The molecule has 0 saturated carbocycles. The highest BCUT2D eigenvalue weighted by Crippen LogP contribution is 2.47. The zero-order valence-electron chi connectivity index (χ0n) is 24.3. The maximum Gasteiger partial charge on any atom is 0.254 e. The molecule has 1 amide bonds. The second-order valence-electron chi connectivity index (χ2n) is 11.1. The summed E-state index contributed by atoms with van der Waals surface area (Å²) < 4.78 is 57.4. The quantitative estimate of drug-likeness (QED) is 0.198. The Hall–Kier alpha value is -3.47. The van der Waals surface area contributed by atoms with Crippen LogP contribution in [0.15, 0.2) is 59.8 Å². The third kappa shape index (κ3) is 5.71. The number of benzene rings is 3. The van der Waals surface area contributed by atoms with Crippen molar-refractivity contribution >= 4 is 29.3 Å². The molecule has 1 unspecified atom stereocenters. The molecule has 1 fully saturated rings. The summed E-state index contributed by atoms with van der Waals surface area (Å²) in [7, 11) is 1.57. The van der Waals surface area contributed by atoms with E-state index in [0.29, 0.717) is 47.9 Å². The molecule has 0 spiro atoms. The van der Waals surface area contributed by atoms with E-state index in [-0.39, 0.29) is 22.7 Å². The monoisotopic (exact) mass is 641 g/mol. The van der Waals surface area contributed by atoms with E-state index in [1.165, 1.54) is 28.8 Å². The molecule has 0 radical (unpaired) electrons. The SMILES string of the molecule is COc1cc(C2(C)CCCc3nc(SCc4c(F)cc(C(=O)N5CCOCC5)cc4F)n(-c4ccc(F)cc4)c32)ccc1Cl. The van der Waals surface area contributed by atoms with Gasteiger partial charge in [-0.25, -0.2) is 18.2 Å². The van der Waals surface area contributed by atoms with Crippen molar-refractivity contribution in [3.05, 3.63) is 105 Å². The lowest BCUT2D eigenvalue weighted by molar-refractivity contribution is 0.0302. The summed E-state index contributed by atoms with van der Waals surface area (Å²) >= 11 is 7.54. The number of hydrogen-bond acceptors (Lipinski definition) is 5. The molecule has 1 atom stereocenters. The van der Waals surface area contributed by atoms with Crippen LogP contribution >= 0.6 is 23.4 Å². The van der Waals surface area contributed by atoms with Gasteiger partial charge in [0.15, 0.2) is 5.16 Å². The van der Waals surface area contributed by atoms with Crippen LogP contribution in [0, 0.1) is 17.5 Å². The molecule has 0 bridgehead atoms. The van der Waals surface area contributed by atoms with Crippen molar-refractivity contribution in [3.8, 4) is 11.4 Å². The van der Waals surface area contributed by atoms with Gasteiger partial charge in [-0.05, 0) is 80.3 Å². The summed E-state index contributed by atoms with van der Waals surface area (Å²) in [6, 6.07) is 14.0. The van der Waals surface area contributed by atoms with Crippen molar-refractivity contribution in [3.63, 3.8) is 0 Å². The van der Waals surface area contributed by atoms with Crippen LogP contribution in [-0.4, -0.2) is 53.8 Å².